The van der Waals surface area contributed by atoms with Crippen molar-refractivity contribution in [3.63, 3.8) is 0 Å². The minimum atomic E-state index is -5.08. The number of hydrogen-bond acceptors (Lipinski definition) is 5. The molecule has 2 heterocycles. The second-order valence-electron chi connectivity index (χ2n) is 5.29. The molecule has 0 amide bonds. The molecule has 0 unspecified atom stereocenters. The van der Waals surface area contributed by atoms with Gasteiger partial charge < -0.3 is 10.8 Å². The highest BCUT2D eigenvalue weighted by Crippen LogP contribution is 2.29. The fourth-order valence-corrected chi connectivity index (χ4v) is 2.80. The zero-order valence-corrected chi connectivity index (χ0v) is 14.7. The molecule has 3 aromatic rings. The van der Waals surface area contributed by atoms with Crippen LogP contribution in [-0.4, -0.2) is 32.0 Å². The summed E-state index contributed by atoms with van der Waals surface area (Å²) in [4.78, 5) is 14.1. The molecule has 3 N–H and O–H groups in total. The van der Waals surface area contributed by atoms with Gasteiger partial charge in [0.25, 0.3) is 0 Å². The standard InChI is InChI=1S/C14H13FN4S.C2HF3O2/c1-9-13(20-14(16)17-9)12-6-7-19(18-12)8-10-2-4-11(15)5-3-10;3-2(4,5)1(6)7/h2-7H,8H2,1H3,(H2,16,17);(H,6,7). The maximum Gasteiger partial charge on any atom is 0.490 e. The lowest BCUT2D eigenvalue weighted by Crippen LogP contribution is -2.21. The Morgan fingerprint density at radius 2 is 1.85 bits per heavy atom. The monoisotopic (exact) mass is 402 g/mol. The van der Waals surface area contributed by atoms with Crippen LogP contribution < -0.4 is 5.73 Å². The SMILES string of the molecule is Cc1nc(N)sc1-c1ccn(Cc2ccc(F)cc2)n1.O=C(O)C(F)(F)F. The van der Waals surface area contributed by atoms with Gasteiger partial charge in [-0.25, -0.2) is 14.2 Å². The first-order chi connectivity index (χ1) is 12.6. The maximum atomic E-state index is 12.9. The van der Waals surface area contributed by atoms with Crippen molar-refractivity contribution in [3.8, 4) is 10.6 Å². The van der Waals surface area contributed by atoms with E-state index in [1.807, 2.05) is 23.9 Å². The number of alkyl halides is 3. The summed E-state index contributed by atoms with van der Waals surface area (Å²) in [6.45, 7) is 2.52. The molecule has 27 heavy (non-hydrogen) atoms. The van der Waals surface area contributed by atoms with Crippen LogP contribution in [0.1, 0.15) is 11.3 Å². The zero-order valence-electron chi connectivity index (χ0n) is 13.9. The maximum absolute atomic E-state index is 12.9. The van der Waals surface area contributed by atoms with Gasteiger partial charge in [0.15, 0.2) is 5.13 Å². The van der Waals surface area contributed by atoms with Crippen LogP contribution >= 0.6 is 11.3 Å². The number of halogens is 4. The fraction of sp³-hybridized carbons (Fsp3) is 0.188. The third-order valence-electron chi connectivity index (χ3n) is 3.19. The lowest BCUT2D eigenvalue weighted by atomic mass is 10.2. The van der Waals surface area contributed by atoms with Crippen molar-refractivity contribution in [1.29, 1.82) is 0 Å². The van der Waals surface area contributed by atoms with E-state index in [1.54, 1.807) is 12.1 Å². The minimum Gasteiger partial charge on any atom is -0.475 e. The number of hydrogen-bond donors (Lipinski definition) is 2. The number of nitrogens with zero attached hydrogens (tertiary/aromatic N) is 3. The van der Waals surface area contributed by atoms with E-state index in [9.17, 15) is 17.6 Å². The van der Waals surface area contributed by atoms with E-state index in [4.69, 9.17) is 15.6 Å². The number of aryl methyl sites for hydroxylation is 1. The van der Waals surface area contributed by atoms with Gasteiger partial charge in [0.1, 0.15) is 11.5 Å². The molecule has 2 aromatic heterocycles. The van der Waals surface area contributed by atoms with Gasteiger partial charge in [0, 0.05) is 6.20 Å². The quantitative estimate of drug-likeness (QED) is 0.652. The van der Waals surface area contributed by atoms with Gasteiger partial charge in [-0.05, 0) is 30.7 Å². The summed E-state index contributed by atoms with van der Waals surface area (Å²) in [5.41, 5.74) is 8.45. The molecule has 0 saturated carbocycles. The number of nitrogen functional groups attached to an aromatic ring is 1. The first-order valence-electron chi connectivity index (χ1n) is 7.37. The van der Waals surface area contributed by atoms with E-state index in [-0.39, 0.29) is 5.82 Å². The van der Waals surface area contributed by atoms with Crippen LogP contribution in [-0.2, 0) is 11.3 Å². The average Bonchev–Trinajstić information content (AvgIpc) is 3.15. The number of benzene rings is 1. The van der Waals surface area contributed by atoms with Crippen LogP contribution in [0, 0.1) is 12.7 Å². The molecule has 144 valence electrons. The highest BCUT2D eigenvalue weighted by molar-refractivity contribution is 7.18. The number of thiazole rings is 1. The second kappa shape index (κ2) is 8.16. The van der Waals surface area contributed by atoms with Gasteiger partial charge in [-0.3, -0.25) is 4.68 Å². The molecule has 6 nitrogen and oxygen atoms in total. The molecule has 1 aromatic carbocycles. The van der Waals surface area contributed by atoms with Crippen LogP contribution in [0.15, 0.2) is 36.5 Å². The van der Waals surface area contributed by atoms with E-state index in [1.165, 1.54) is 23.5 Å². The smallest absolute Gasteiger partial charge is 0.475 e. The summed E-state index contributed by atoms with van der Waals surface area (Å²) in [6.07, 6.45) is -3.19. The first kappa shape index (κ1) is 20.4. The van der Waals surface area contributed by atoms with Crippen LogP contribution in [0.5, 0.6) is 0 Å². The van der Waals surface area contributed by atoms with Crippen molar-refractivity contribution in [2.24, 2.45) is 0 Å². The van der Waals surface area contributed by atoms with Crippen LogP contribution in [0.4, 0.5) is 22.7 Å². The lowest BCUT2D eigenvalue weighted by Gasteiger charge is -2.01. The Morgan fingerprint density at radius 1 is 1.26 bits per heavy atom. The third kappa shape index (κ3) is 5.78. The Labute approximate surface area is 154 Å². The van der Waals surface area contributed by atoms with Crippen molar-refractivity contribution >= 4 is 22.4 Å². The van der Waals surface area contributed by atoms with Gasteiger partial charge in [0.2, 0.25) is 0 Å². The largest absolute Gasteiger partial charge is 0.490 e. The number of anilines is 1. The van der Waals surface area contributed by atoms with Crippen molar-refractivity contribution in [1.82, 2.24) is 14.8 Å². The predicted molar refractivity (Wildman–Crippen MR) is 91.7 cm³/mol. The number of carboxylic acids is 1. The van der Waals surface area contributed by atoms with Crippen molar-refractivity contribution in [3.05, 3.63) is 53.6 Å². The van der Waals surface area contributed by atoms with Crippen LogP contribution in [0.2, 0.25) is 0 Å². The van der Waals surface area contributed by atoms with E-state index in [2.05, 4.69) is 10.1 Å². The fourth-order valence-electron chi connectivity index (χ4n) is 2.00. The van der Waals surface area contributed by atoms with Crippen molar-refractivity contribution in [2.75, 3.05) is 5.73 Å². The number of carboxylic acid groups (broad SMARTS) is 1. The Bertz CT molecular complexity index is 919. The molecule has 0 aliphatic heterocycles. The average molecular weight is 402 g/mol. The van der Waals surface area contributed by atoms with Crippen molar-refractivity contribution in [2.45, 2.75) is 19.6 Å². The Kier molecular flexibility index (Phi) is 6.16. The molecular formula is C16H14F4N4O2S. The minimum absolute atomic E-state index is 0.231. The number of carbonyl (C=O) groups is 1. The summed E-state index contributed by atoms with van der Waals surface area (Å²) in [7, 11) is 0. The lowest BCUT2D eigenvalue weighted by molar-refractivity contribution is -0.192. The molecule has 0 bridgehead atoms. The summed E-state index contributed by atoms with van der Waals surface area (Å²) in [5, 5.41) is 12.2. The van der Waals surface area contributed by atoms with E-state index in [0.29, 0.717) is 11.7 Å². The van der Waals surface area contributed by atoms with Crippen LogP contribution in [0.3, 0.4) is 0 Å². The molecule has 3 rings (SSSR count). The Balaban J connectivity index is 0.000000321. The van der Waals surface area contributed by atoms with Gasteiger partial charge in [0.05, 0.1) is 17.1 Å². The van der Waals surface area contributed by atoms with Gasteiger partial charge in [-0.15, -0.1) is 0 Å². The third-order valence-corrected chi connectivity index (χ3v) is 4.20. The van der Waals surface area contributed by atoms with Gasteiger partial charge in [-0.1, -0.05) is 23.5 Å². The summed E-state index contributed by atoms with van der Waals surface area (Å²) >= 11 is 1.43. The summed E-state index contributed by atoms with van der Waals surface area (Å²) in [5.74, 6) is -2.99. The Hall–Kier alpha value is -2.95. The number of nitrogens with two attached hydrogens (primary N) is 1. The zero-order chi connectivity index (χ0) is 20.2. The van der Waals surface area contributed by atoms with Gasteiger partial charge >= 0.3 is 12.1 Å². The molecular weight excluding hydrogens is 388 g/mol. The van der Waals surface area contributed by atoms with E-state index in [0.717, 1.165) is 21.8 Å². The molecule has 0 fully saturated rings. The van der Waals surface area contributed by atoms with Gasteiger partial charge in [-0.2, -0.15) is 18.3 Å². The van der Waals surface area contributed by atoms with Crippen LogP contribution in [0.25, 0.3) is 10.6 Å². The number of rotatable bonds is 3. The molecule has 0 atom stereocenters. The first-order valence-corrected chi connectivity index (χ1v) is 8.19. The molecule has 0 radical (unpaired) electrons. The molecule has 0 spiro atoms. The summed E-state index contributed by atoms with van der Waals surface area (Å²) < 4.78 is 46.4. The highest BCUT2D eigenvalue weighted by atomic mass is 32.1. The molecule has 0 saturated heterocycles. The summed E-state index contributed by atoms with van der Waals surface area (Å²) in [6, 6.07) is 8.35. The van der Waals surface area contributed by atoms with E-state index >= 15 is 0 Å². The number of aliphatic carboxylic acids is 1. The second-order valence-corrected chi connectivity index (χ2v) is 6.33. The molecule has 11 heteroatoms. The topological polar surface area (TPSA) is 94.0 Å². The number of aromatic nitrogens is 3. The van der Waals surface area contributed by atoms with Crippen molar-refractivity contribution < 1.29 is 27.5 Å². The molecule has 0 aliphatic rings. The molecule has 0 aliphatic carbocycles. The highest BCUT2D eigenvalue weighted by Gasteiger charge is 2.38. The Morgan fingerprint density at radius 3 is 2.33 bits per heavy atom. The predicted octanol–water partition coefficient (Wildman–Crippen LogP) is 3.72. The van der Waals surface area contributed by atoms with E-state index < -0.39 is 12.1 Å². The normalized spacial score (nSPS) is 11.0.